The Balaban J connectivity index is 2.19. The molecule has 0 saturated heterocycles. The molecule has 0 atom stereocenters. The van der Waals surface area contributed by atoms with Crippen LogP contribution in [0.5, 0.6) is 0 Å². The first-order valence-electron chi connectivity index (χ1n) is 4.55. The topological polar surface area (TPSA) is 39.2 Å². The molecular formula is C10H11NO2S. The predicted molar refractivity (Wildman–Crippen MR) is 54.5 cm³/mol. The summed E-state index contributed by atoms with van der Waals surface area (Å²) in [4.78, 5) is 16.6. The van der Waals surface area contributed by atoms with E-state index in [0.717, 1.165) is 30.0 Å². The molecule has 0 bridgehead atoms. The van der Waals surface area contributed by atoms with E-state index in [4.69, 9.17) is 4.74 Å². The summed E-state index contributed by atoms with van der Waals surface area (Å²) in [6.07, 6.45) is 4.96. The van der Waals surface area contributed by atoms with Crippen molar-refractivity contribution in [2.75, 3.05) is 6.61 Å². The second kappa shape index (κ2) is 3.92. The third kappa shape index (κ3) is 1.85. The molecule has 0 saturated carbocycles. The molecule has 0 radical (unpaired) electrons. The number of thiazole rings is 1. The number of ether oxygens (including phenoxy) is 1. The highest BCUT2D eigenvalue weighted by atomic mass is 32.1. The lowest BCUT2D eigenvalue weighted by atomic mass is 10.1. The van der Waals surface area contributed by atoms with Crippen LogP contribution < -0.4 is 0 Å². The molecule has 2 rings (SSSR count). The smallest absolute Gasteiger partial charge is 0.203 e. The maximum atomic E-state index is 11.8. The van der Waals surface area contributed by atoms with Crippen molar-refractivity contribution in [1.29, 1.82) is 0 Å². The zero-order valence-corrected chi connectivity index (χ0v) is 8.76. The van der Waals surface area contributed by atoms with Gasteiger partial charge in [-0.25, -0.2) is 4.98 Å². The monoisotopic (exact) mass is 209 g/mol. The Morgan fingerprint density at radius 3 is 3.07 bits per heavy atom. The average Bonchev–Trinajstić information content (AvgIpc) is 2.65. The van der Waals surface area contributed by atoms with Crippen LogP contribution in [0.3, 0.4) is 0 Å². The van der Waals surface area contributed by atoms with Crippen molar-refractivity contribution in [3.63, 3.8) is 0 Å². The van der Waals surface area contributed by atoms with E-state index in [2.05, 4.69) is 4.98 Å². The number of aromatic nitrogens is 1. The molecule has 1 aromatic rings. The average molecular weight is 209 g/mol. The summed E-state index contributed by atoms with van der Waals surface area (Å²) in [7, 11) is 0. The first-order valence-corrected chi connectivity index (χ1v) is 5.37. The normalized spacial score (nSPS) is 15.9. The van der Waals surface area contributed by atoms with Gasteiger partial charge in [0.1, 0.15) is 0 Å². The lowest BCUT2D eigenvalue weighted by molar-refractivity contribution is 0.101. The summed E-state index contributed by atoms with van der Waals surface area (Å²) in [6.45, 7) is 2.62. The second-order valence-electron chi connectivity index (χ2n) is 3.19. The summed E-state index contributed by atoms with van der Waals surface area (Å²) in [6, 6.07) is 0. The molecule has 0 spiro atoms. The third-order valence-electron chi connectivity index (χ3n) is 2.07. The molecule has 1 aliphatic rings. The van der Waals surface area contributed by atoms with Gasteiger partial charge in [0.2, 0.25) is 5.78 Å². The Kier molecular flexibility index (Phi) is 2.63. The van der Waals surface area contributed by atoms with Crippen molar-refractivity contribution in [3.05, 3.63) is 27.9 Å². The van der Waals surface area contributed by atoms with Crippen LogP contribution in [0.1, 0.15) is 27.5 Å². The minimum Gasteiger partial charge on any atom is -0.501 e. The molecule has 74 valence electrons. The molecule has 2 heterocycles. The summed E-state index contributed by atoms with van der Waals surface area (Å²) in [5, 5.41) is 0.922. The van der Waals surface area contributed by atoms with Crippen molar-refractivity contribution in [2.24, 2.45) is 0 Å². The SMILES string of the molecule is Cc1ncc(C(=O)C2=COCCC2)s1. The van der Waals surface area contributed by atoms with Gasteiger partial charge in [-0.15, -0.1) is 11.3 Å². The van der Waals surface area contributed by atoms with E-state index in [-0.39, 0.29) is 5.78 Å². The quantitative estimate of drug-likeness (QED) is 0.702. The van der Waals surface area contributed by atoms with Gasteiger partial charge in [-0.2, -0.15) is 0 Å². The zero-order valence-electron chi connectivity index (χ0n) is 7.95. The fourth-order valence-corrected chi connectivity index (χ4v) is 2.11. The van der Waals surface area contributed by atoms with Crippen molar-refractivity contribution < 1.29 is 9.53 Å². The lowest BCUT2D eigenvalue weighted by Crippen LogP contribution is -2.07. The lowest BCUT2D eigenvalue weighted by Gasteiger charge is -2.11. The fourth-order valence-electron chi connectivity index (χ4n) is 1.36. The van der Waals surface area contributed by atoms with Crippen LogP contribution in [0.15, 0.2) is 18.0 Å². The fraction of sp³-hybridized carbons (Fsp3) is 0.400. The van der Waals surface area contributed by atoms with E-state index in [1.54, 1.807) is 12.5 Å². The van der Waals surface area contributed by atoms with Crippen molar-refractivity contribution in [3.8, 4) is 0 Å². The van der Waals surface area contributed by atoms with Gasteiger partial charge in [-0.05, 0) is 19.8 Å². The Bertz CT molecular complexity index is 381. The van der Waals surface area contributed by atoms with Crippen LogP contribution in [0, 0.1) is 6.92 Å². The van der Waals surface area contributed by atoms with Gasteiger partial charge in [0.25, 0.3) is 0 Å². The molecule has 4 heteroatoms. The highest BCUT2D eigenvalue weighted by molar-refractivity contribution is 7.13. The molecule has 0 fully saturated rings. The molecular weight excluding hydrogens is 198 g/mol. The molecule has 1 aromatic heterocycles. The van der Waals surface area contributed by atoms with E-state index in [0.29, 0.717) is 4.88 Å². The summed E-state index contributed by atoms with van der Waals surface area (Å²) in [5.41, 5.74) is 0.764. The standard InChI is InChI=1S/C10H11NO2S/c1-7-11-5-9(14-7)10(12)8-3-2-4-13-6-8/h5-6H,2-4H2,1H3. The molecule has 0 unspecified atom stereocenters. The van der Waals surface area contributed by atoms with E-state index in [1.807, 2.05) is 6.92 Å². The van der Waals surface area contributed by atoms with E-state index in [9.17, 15) is 4.79 Å². The van der Waals surface area contributed by atoms with Gasteiger partial charge < -0.3 is 4.74 Å². The van der Waals surface area contributed by atoms with E-state index in [1.165, 1.54) is 11.3 Å². The maximum Gasteiger partial charge on any atom is 0.203 e. The number of carbonyl (C=O) groups excluding carboxylic acids is 1. The first kappa shape index (κ1) is 9.40. The van der Waals surface area contributed by atoms with E-state index >= 15 is 0 Å². The Morgan fingerprint density at radius 2 is 2.50 bits per heavy atom. The number of carbonyl (C=O) groups is 1. The Morgan fingerprint density at radius 1 is 1.64 bits per heavy atom. The molecule has 0 aromatic carbocycles. The summed E-state index contributed by atoms with van der Waals surface area (Å²) >= 11 is 1.43. The number of hydrogen-bond donors (Lipinski definition) is 0. The molecule has 3 nitrogen and oxygen atoms in total. The van der Waals surface area contributed by atoms with Crippen LogP contribution in [-0.2, 0) is 4.74 Å². The summed E-state index contributed by atoms with van der Waals surface area (Å²) in [5.74, 6) is 0.0651. The first-order chi connectivity index (χ1) is 6.77. The van der Waals surface area contributed by atoms with Crippen molar-refractivity contribution >= 4 is 17.1 Å². The third-order valence-corrected chi connectivity index (χ3v) is 2.98. The van der Waals surface area contributed by atoms with Crippen molar-refractivity contribution in [1.82, 2.24) is 4.98 Å². The van der Waals surface area contributed by atoms with Gasteiger partial charge in [-0.1, -0.05) is 0 Å². The van der Waals surface area contributed by atoms with Gasteiger partial charge in [0.15, 0.2) is 0 Å². The van der Waals surface area contributed by atoms with Gasteiger partial charge >= 0.3 is 0 Å². The second-order valence-corrected chi connectivity index (χ2v) is 4.42. The number of ketones is 1. The van der Waals surface area contributed by atoms with Crippen LogP contribution in [0.25, 0.3) is 0 Å². The zero-order chi connectivity index (χ0) is 9.97. The van der Waals surface area contributed by atoms with Crippen LogP contribution >= 0.6 is 11.3 Å². The number of rotatable bonds is 2. The van der Waals surface area contributed by atoms with Gasteiger partial charge in [0.05, 0.1) is 22.8 Å². The Labute approximate surface area is 86.4 Å². The minimum absolute atomic E-state index is 0.0651. The minimum atomic E-state index is 0.0651. The predicted octanol–water partition coefficient (Wildman–Crippen LogP) is 2.33. The molecule has 1 aliphatic heterocycles. The van der Waals surface area contributed by atoms with Crippen LogP contribution in [0.2, 0.25) is 0 Å². The number of Topliss-reactive ketones (excluding diaryl/α,β-unsaturated/α-hetero) is 1. The van der Waals surface area contributed by atoms with Crippen molar-refractivity contribution in [2.45, 2.75) is 19.8 Å². The van der Waals surface area contributed by atoms with E-state index < -0.39 is 0 Å². The van der Waals surface area contributed by atoms with Gasteiger partial charge in [-0.3, -0.25) is 4.79 Å². The number of aryl methyl sites for hydroxylation is 1. The maximum absolute atomic E-state index is 11.8. The Hall–Kier alpha value is -1.16. The highest BCUT2D eigenvalue weighted by Gasteiger charge is 2.17. The molecule has 0 aliphatic carbocycles. The van der Waals surface area contributed by atoms with Gasteiger partial charge in [0, 0.05) is 11.8 Å². The number of hydrogen-bond acceptors (Lipinski definition) is 4. The number of allylic oxidation sites excluding steroid dienone is 1. The van der Waals surface area contributed by atoms with Crippen LogP contribution in [-0.4, -0.2) is 17.4 Å². The molecule has 14 heavy (non-hydrogen) atoms. The molecule has 0 N–H and O–H groups in total. The van der Waals surface area contributed by atoms with Crippen LogP contribution in [0.4, 0.5) is 0 Å². The highest BCUT2D eigenvalue weighted by Crippen LogP contribution is 2.21. The largest absolute Gasteiger partial charge is 0.501 e. The molecule has 0 amide bonds. The summed E-state index contributed by atoms with van der Waals surface area (Å²) < 4.78 is 5.13. The number of nitrogens with zero attached hydrogens (tertiary/aromatic N) is 1.